The number of carbonyl (C=O) groups is 1. The molecule has 0 aliphatic rings. The van der Waals surface area contributed by atoms with Crippen molar-refractivity contribution in [2.75, 3.05) is 5.73 Å². The zero-order chi connectivity index (χ0) is 16.7. The summed E-state index contributed by atoms with van der Waals surface area (Å²) in [5, 5.41) is 2.94. The van der Waals surface area contributed by atoms with Crippen LogP contribution in [0, 0.1) is 0 Å². The van der Waals surface area contributed by atoms with Crippen molar-refractivity contribution >= 4 is 24.0 Å². The highest BCUT2D eigenvalue weighted by Crippen LogP contribution is 2.19. The molecule has 0 spiro atoms. The quantitative estimate of drug-likeness (QED) is 0.749. The van der Waals surface area contributed by atoms with Crippen molar-refractivity contribution in [2.45, 2.75) is 39.3 Å². The van der Waals surface area contributed by atoms with E-state index in [-0.39, 0.29) is 24.4 Å². The maximum atomic E-state index is 12.0. The van der Waals surface area contributed by atoms with Crippen LogP contribution in [0.25, 0.3) is 0 Å². The van der Waals surface area contributed by atoms with Gasteiger partial charge in [0.05, 0.1) is 6.10 Å². The van der Waals surface area contributed by atoms with Crippen molar-refractivity contribution in [1.29, 1.82) is 0 Å². The molecule has 0 aromatic heterocycles. The van der Waals surface area contributed by atoms with Crippen molar-refractivity contribution in [3.05, 3.63) is 59.7 Å². The van der Waals surface area contributed by atoms with E-state index in [4.69, 9.17) is 10.5 Å². The molecule has 0 radical (unpaired) electrons. The highest BCUT2D eigenvalue weighted by atomic mass is 35.5. The molecule has 1 amide bonds. The van der Waals surface area contributed by atoms with E-state index in [2.05, 4.69) is 5.32 Å². The van der Waals surface area contributed by atoms with Gasteiger partial charge in [-0.2, -0.15) is 0 Å². The van der Waals surface area contributed by atoms with Gasteiger partial charge in [-0.15, -0.1) is 12.4 Å². The molecule has 0 heterocycles. The number of hydrogen-bond acceptors (Lipinski definition) is 3. The lowest BCUT2D eigenvalue weighted by atomic mass is 10.1. The second-order valence-electron chi connectivity index (χ2n) is 5.75. The van der Waals surface area contributed by atoms with Gasteiger partial charge in [0.2, 0.25) is 5.91 Å². The molecule has 5 heteroatoms. The molecule has 0 aliphatic carbocycles. The average Bonchev–Trinajstić information content (AvgIpc) is 2.53. The lowest BCUT2D eigenvalue weighted by Crippen LogP contribution is -2.23. The summed E-state index contributed by atoms with van der Waals surface area (Å²) in [6.45, 7) is 4.44. The summed E-state index contributed by atoms with van der Waals surface area (Å²) in [4.78, 5) is 12.0. The van der Waals surface area contributed by atoms with Crippen LogP contribution < -0.4 is 15.8 Å². The first-order valence-corrected chi connectivity index (χ1v) is 7.91. The third kappa shape index (κ3) is 6.13. The minimum absolute atomic E-state index is 0. The number of nitrogen functional groups attached to an aromatic ring is 1. The standard InChI is InChI=1S/C19H24N2O2.ClH/c1-14(2)23-18-10-6-4-8-16(18)13-21-19(22)12-11-15-7-3-5-9-17(15)20;/h3-10,14H,11-13,20H2,1-2H3,(H,21,22);1H. The summed E-state index contributed by atoms with van der Waals surface area (Å²) >= 11 is 0. The molecule has 0 aliphatic heterocycles. The molecule has 0 bridgehead atoms. The fourth-order valence-electron chi connectivity index (χ4n) is 2.31. The molecule has 0 atom stereocenters. The minimum Gasteiger partial charge on any atom is -0.491 e. The van der Waals surface area contributed by atoms with E-state index in [1.807, 2.05) is 62.4 Å². The Balaban J connectivity index is 0.00000288. The SMILES string of the molecule is CC(C)Oc1ccccc1CNC(=O)CCc1ccccc1N.Cl. The van der Waals surface area contributed by atoms with Gasteiger partial charge in [-0.25, -0.2) is 0 Å². The molecule has 130 valence electrons. The van der Waals surface area contributed by atoms with Gasteiger partial charge in [-0.1, -0.05) is 36.4 Å². The van der Waals surface area contributed by atoms with Crippen molar-refractivity contribution in [2.24, 2.45) is 0 Å². The van der Waals surface area contributed by atoms with Crippen LogP contribution >= 0.6 is 12.4 Å². The maximum absolute atomic E-state index is 12.0. The average molecular weight is 349 g/mol. The van der Waals surface area contributed by atoms with E-state index < -0.39 is 0 Å². The van der Waals surface area contributed by atoms with Gasteiger partial charge in [-0.3, -0.25) is 4.79 Å². The number of hydrogen-bond donors (Lipinski definition) is 2. The fourth-order valence-corrected chi connectivity index (χ4v) is 2.31. The summed E-state index contributed by atoms with van der Waals surface area (Å²) in [5.41, 5.74) is 8.61. The number of amides is 1. The van der Waals surface area contributed by atoms with E-state index in [0.717, 1.165) is 22.6 Å². The van der Waals surface area contributed by atoms with E-state index in [1.54, 1.807) is 0 Å². The van der Waals surface area contributed by atoms with Crippen LogP contribution in [-0.2, 0) is 17.8 Å². The first-order valence-electron chi connectivity index (χ1n) is 7.91. The molecule has 4 nitrogen and oxygen atoms in total. The number of anilines is 1. The Morgan fingerprint density at radius 1 is 1.08 bits per heavy atom. The van der Waals surface area contributed by atoms with Crippen LogP contribution in [0.5, 0.6) is 5.75 Å². The fraction of sp³-hybridized carbons (Fsp3) is 0.316. The second-order valence-corrected chi connectivity index (χ2v) is 5.75. The highest BCUT2D eigenvalue weighted by Gasteiger charge is 2.08. The Morgan fingerprint density at radius 2 is 1.71 bits per heavy atom. The number of carbonyl (C=O) groups excluding carboxylic acids is 1. The van der Waals surface area contributed by atoms with Gasteiger partial charge < -0.3 is 15.8 Å². The Bertz CT molecular complexity index is 659. The molecule has 2 aromatic carbocycles. The number of benzene rings is 2. The summed E-state index contributed by atoms with van der Waals surface area (Å²) in [7, 11) is 0. The Labute approximate surface area is 149 Å². The van der Waals surface area contributed by atoms with Crippen molar-refractivity contribution in [3.63, 3.8) is 0 Å². The van der Waals surface area contributed by atoms with Gasteiger partial charge in [-0.05, 0) is 38.0 Å². The minimum atomic E-state index is 0. The number of nitrogens with two attached hydrogens (primary N) is 1. The summed E-state index contributed by atoms with van der Waals surface area (Å²) in [5.74, 6) is 0.822. The van der Waals surface area contributed by atoms with Crippen LogP contribution in [0.3, 0.4) is 0 Å². The Morgan fingerprint density at radius 3 is 2.38 bits per heavy atom. The zero-order valence-corrected chi connectivity index (χ0v) is 14.9. The number of nitrogens with one attached hydrogen (secondary N) is 1. The summed E-state index contributed by atoms with van der Waals surface area (Å²) in [6.07, 6.45) is 1.16. The van der Waals surface area contributed by atoms with E-state index in [1.165, 1.54) is 0 Å². The smallest absolute Gasteiger partial charge is 0.220 e. The number of rotatable bonds is 7. The second kappa shape index (κ2) is 9.83. The highest BCUT2D eigenvalue weighted by molar-refractivity contribution is 5.85. The summed E-state index contributed by atoms with van der Waals surface area (Å²) < 4.78 is 5.75. The van der Waals surface area contributed by atoms with Crippen LogP contribution in [0.1, 0.15) is 31.4 Å². The first-order chi connectivity index (χ1) is 11.1. The molecule has 24 heavy (non-hydrogen) atoms. The monoisotopic (exact) mass is 348 g/mol. The zero-order valence-electron chi connectivity index (χ0n) is 14.1. The lowest BCUT2D eigenvalue weighted by molar-refractivity contribution is -0.121. The number of para-hydroxylation sites is 2. The maximum Gasteiger partial charge on any atom is 0.220 e. The Hall–Kier alpha value is -2.20. The van der Waals surface area contributed by atoms with Crippen LogP contribution in [0.2, 0.25) is 0 Å². The number of halogens is 1. The normalized spacial score (nSPS) is 10.1. The molecule has 2 rings (SSSR count). The van der Waals surface area contributed by atoms with Crippen molar-refractivity contribution < 1.29 is 9.53 Å². The molecule has 0 unspecified atom stereocenters. The largest absolute Gasteiger partial charge is 0.491 e. The molecule has 0 fully saturated rings. The van der Waals surface area contributed by atoms with Crippen molar-refractivity contribution in [1.82, 2.24) is 5.32 Å². The number of aryl methyl sites for hydroxylation is 1. The topological polar surface area (TPSA) is 64.3 Å². The van der Waals surface area contributed by atoms with Gasteiger partial charge in [0.25, 0.3) is 0 Å². The van der Waals surface area contributed by atoms with E-state index >= 15 is 0 Å². The van der Waals surface area contributed by atoms with Gasteiger partial charge in [0, 0.05) is 24.2 Å². The van der Waals surface area contributed by atoms with Crippen LogP contribution in [0.15, 0.2) is 48.5 Å². The number of ether oxygens (including phenoxy) is 1. The van der Waals surface area contributed by atoms with Gasteiger partial charge >= 0.3 is 0 Å². The summed E-state index contributed by atoms with van der Waals surface area (Å²) in [6, 6.07) is 15.4. The molecule has 3 N–H and O–H groups in total. The van der Waals surface area contributed by atoms with E-state index in [0.29, 0.717) is 19.4 Å². The Kier molecular flexibility index (Phi) is 8.13. The lowest BCUT2D eigenvalue weighted by Gasteiger charge is -2.14. The van der Waals surface area contributed by atoms with Gasteiger partial charge in [0.15, 0.2) is 0 Å². The molecule has 0 saturated carbocycles. The molecule has 0 saturated heterocycles. The molecular formula is C19H25ClN2O2. The predicted octanol–water partition coefficient (Wildman–Crippen LogP) is 3.73. The van der Waals surface area contributed by atoms with Crippen LogP contribution in [0.4, 0.5) is 5.69 Å². The molecular weight excluding hydrogens is 324 g/mol. The third-order valence-corrected chi connectivity index (χ3v) is 3.49. The molecule has 2 aromatic rings. The van der Waals surface area contributed by atoms with Crippen LogP contribution in [-0.4, -0.2) is 12.0 Å². The predicted molar refractivity (Wildman–Crippen MR) is 100 cm³/mol. The van der Waals surface area contributed by atoms with Crippen molar-refractivity contribution in [3.8, 4) is 5.75 Å². The first kappa shape index (κ1) is 19.8. The van der Waals surface area contributed by atoms with Gasteiger partial charge in [0.1, 0.15) is 5.75 Å². The van der Waals surface area contributed by atoms with E-state index in [9.17, 15) is 4.79 Å². The third-order valence-electron chi connectivity index (χ3n) is 3.49.